The number of quaternary nitrogens is 1. The largest absolute Gasteiger partial charge is 0.634 e. The molecule has 0 aliphatic carbocycles. The molecule has 0 bridgehead atoms. The summed E-state index contributed by atoms with van der Waals surface area (Å²) in [6, 6.07) is 0. The van der Waals surface area contributed by atoms with Crippen LogP contribution >= 0.6 is 0 Å². The smallest absolute Gasteiger partial charge is 0.0897 e. The third-order valence-corrected chi connectivity index (χ3v) is 2.74. The maximum atomic E-state index is 11.0. The highest BCUT2D eigenvalue weighted by Crippen LogP contribution is 2.01. The van der Waals surface area contributed by atoms with E-state index < -0.39 is 0 Å². The maximum absolute atomic E-state index is 11.0. The Labute approximate surface area is 81.3 Å². The van der Waals surface area contributed by atoms with E-state index in [2.05, 4.69) is 11.8 Å². The van der Waals surface area contributed by atoms with Gasteiger partial charge in [-0.3, -0.25) is 4.90 Å². The van der Waals surface area contributed by atoms with Gasteiger partial charge in [0.25, 0.3) is 0 Å². The maximum Gasteiger partial charge on any atom is 0.0897 e. The predicted octanol–water partition coefficient (Wildman–Crippen LogP) is 0.265. The van der Waals surface area contributed by atoms with E-state index in [9.17, 15) is 5.21 Å². The molecule has 3 heteroatoms. The van der Waals surface area contributed by atoms with Gasteiger partial charge in [-0.1, -0.05) is 26.2 Å². The van der Waals surface area contributed by atoms with Gasteiger partial charge in [0.15, 0.2) is 0 Å². The van der Waals surface area contributed by atoms with Crippen LogP contribution in [0.25, 0.3) is 0 Å². The molecule has 1 N–H and O–H groups in total. The molecule has 0 unspecified atom stereocenters. The monoisotopic (exact) mass is 186 g/mol. The molecule has 0 aromatic carbocycles. The highest BCUT2D eigenvalue weighted by molar-refractivity contribution is 4.60. The van der Waals surface area contributed by atoms with Crippen molar-refractivity contribution >= 4 is 0 Å². The highest BCUT2D eigenvalue weighted by atomic mass is 16.5. The van der Waals surface area contributed by atoms with Crippen LogP contribution in [0.1, 0.15) is 32.6 Å². The molecular weight excluding hydrogens is 164 g/mol. The summed E-state index contributed by atoms with van der Waals surface area (Å²) >= 11 is 0. The van der Waals surface area contributed by atoms with Gasteiger partial charge in [0, 0.05) is 13.1 Å². The second-order valence-electron chi connectivity index (χ2n) is 3.94. The fourth-order valence-electron chi connectivity index (χ4n) is 1.79. The van der Waals surface area contributed by atoms with Crippen LogP contribution in [0.5, 0.6) is 0 Å². The Kier molecular flexibility index (Phi) is 5.35. The van der Waals surface area contributed by atoms with Crippen molar-refractivity contribution in [1.29, 1.82) is 0 Å². The second kappa shape index (κ2) is 6.35. The summed E-state index contributed by atoms with van der Waals surface area (Å²) < 4.78 is 0. The van der Waals surface area contributed by atoms with Crippen molar-refractivity contribution in [3.63, 3.8) is 0 Å². The average Bonchev–Trinajstić information content (AvgIpc) is 2.15. The van der Waals surface area contributed by atoms with E-state index in [4.69, 9.17) is 0 Å². The molecular formula is C10H22N2O. The van der Waals surface area contributed by atoms with E-state index in [1.165, 1.54) is 32.2 Å². The lowest BCUT2D eigenvalue weighted by atomic mass is 10.2. The van der Waals surface area contributed by atoms with Gasteiger partial charge >= 0.3 is 0 Å². The lowest BCUT2D eigenvalue weighted by molar-refractivity contribution is -0.853. The number of nitrogens with zero attached hydrogens (tertiary/aromatic N) is 1. The van der Waals surface area contributed by atoms with Crippen LogP contribution in [-0.4, -0.2) is 37.6 Å². The number of hydroxylamine groups is 2. The summed E-state index contributed by atoms with van der Waals surface area (Å²) in [7, 11) is 0. The Hall–Kier alpha value is -0.120. The molecule has 13 heavy (non-hydrogen) atoms. The van der Waals surface area contributed by atoms with Gasteiger partial charge < -0.3 is 10.3 Å². The Morgan fingerprint density at radius 3 is 2.46 bits per heavy atom. The predicted molar refractivity (Wildman–Crippen MR) is 54.6 cm³/mol. The number of hydrogen-bond acceptors (Lipinski definition) is 2. The lowest BCUT2D eigenvalue weighted by Crippen LogP contribution is -3.10. The SMILES string of the molecule is CCCCCCN1CC[NH+]([O-])CC1. The minimum atomic E-state index is 0.449. The molecule has 0 atom stereocenters. The van der Waals surface area contributed by atoms with Crippen molar-refractivity contribution < 1.29 is 5.06 Å². The van der Waals surface area contributed by atoms with Crippen molar-refractivity contribution in [3.05, 3.63) is 5.21 Å². The minimum Gasteiger partial charge on any atom is -0.634 e. The van der Waals surface area contributed by atoms with Crippen molar-refractivity contribution in [1.82, 2.24) is 4.90 Å². The number of rotatable bonds is 5. The minimum absolute atomic E-state index is 0.449. The third kappa shape index (κ3) is 4.60. The van der Waals surface area contributed by atoms with Crippen LogP contribution in [0.15, 0.2) is 0 Å². The molecule has 0 amide bonds. The highest BCUT2D eigenvalue weighted by Gasteiger charge is 2.13. The number of piperazine rings is 1. The zero-order chi connectivity index (χ0) is 9.52. The van der Waals surface area contributed by atoms with Crippen LogP contribution in [0.4, 0.5) is 0 Å². The molecule has 0 saturated carbocycles. The molecule has 0 aromatic rings. The molecule has 78 valence electrons. The summed E-state index contributed by atoms with van der Waals surface area (Å²) in [5.41, 5.74) is 0. The van der Waals surface area contributed by atoms with E-state index in [0.717, 1.165) is 26.2 Å². The zero-order valence-electron chi connectivity index (χ0n) is 8.72. The van der Waals surface area contributed by atoms with Gasteiger partial charge in [-0.2, -0.15) is 0 Å². The zero-order valence-corrected chi connectivity index (χ0v) is 8.72. The lowest BCUT2D eigenvalue weighted by Gasteiger charge is -2.34. The normalized spacial score (nSPS) is 20.8. The number of nitrogens with one attached hydrogen (secondary N) is 1. The molecule has 1 saturated heterocycles. The van der Waals surface area contributed by atoms with E-state index in [-0.39, 0.29) is 0 Å². The molecule has 1 fully saturated rings. The van der Waals surface area contributed by atoms with Crippen LogP contribution in [-0.2, 0) is 0 Å². The number of unbranched alkanes of at least 4 members (excludes halogenated alkanes) is 3. The standard InChI is InChI=1S/C10H22N2O/c1-2-3-4-5-6-11-7-9-12(13)10-8-11/h12H,2-10H2,1H3. The number of hydrogen-bond donors (Lipinski definition) is 1. The Morgan fingerprint density at radius 2 is 1.85 bits per heavy atom. The molecule has 3 nitrogen and oxygen atoms in total. The van der Waals surface area contributed by atoms with Crippen LogP contribution in [0.3, 0.4) is 0 Å². The van der Waals surface area contributed by atoms with Crippen molar-refractivity contribution in [3.8, 4) is 0 Å². The van der Waals surface area contributed by atoms with Gasteiger partial charge in [-0.15, -0.1) is 0 Å². The van der Waals surface area contributed by atoms with E-state index in [0.29, 0.717) is 5.06 Å². The summed E-state index contributed by atoms with van der Waals surface area (Å²) in [4.78, 5) is 2.43. The fourth-order valence-corrected chi connectivity index (χ4v) is 1.79. The second-order valence-corrected chi connectivity index (χ2v) is 3.94. The van der Waals surface area contributed by atoms with Crippen LogP contribution < -0.4 is 5.06 Å². The molecule has 1 rings (SSSR count). The Bertz CT molecular complexity index is 122. The van der Waals surface area contributed by atoms with Crippen molar-refractivity contribution in [2.45, 2.75) is 32.6 Å². The van der Waals surface area contributed by atoms with E-state index in [1.807, 2.05) is 0 Å². The van der Waals surface area contributed by atoms with Gasteiger partial charge in [0.1, 0.15) is 0 Å². The summed E-state index contributed by atoms with van der Waals surface area (Å²) in [6.07, 6.45) is 5.31. The molecule has 1 heterocycles. The van der Waals surface area contributed by atoms with Gasteiger partial charge in [-0.05, 0) is 13.0 Å². The first-order chi connectivity index (χ1) is 6.33. The average molecular weight is 186 g/mol. The quantitative estimate of drug-likeness (QED) is 0.493. The summed E-state index contributed by atoms with van der Waals surface area (Å²) in [6.45, 7) is 7.02. The Balaban J connectivity index is 1.96. The fraction of sp³-hybridized carbons (Fsp3) is 1.00. The van der Waals surface area contributed by atoms with Gasteiger partial charge in [0.05, 0.1) is 13.1 Å². The molecule has 0 radical (unpaired) electrons. The van der Waals surface area contributed by atoms with Crippen LogP contribution in [0.2, 0.25) is 0 Å². The summed E-state index contributed by atoms with van der Waals surface area (Å²) in [5.74, 6) is 0. The molecule has 0 spiro atoms. The first kappa shape index (κ1) is 11.0. The van der Waals surface area contributed by atoms with Crippen molar-refractivity contribution in [2.24, 2.45) is 0 Å². The van der Waals surface area contributed by atoms with E-state index in [1.54, 1.807) is 0 Å². The van der Waals surface area contributed by atoms with Crippen LogP contribution in [0, 0.1) is 5.21 Å². The molecule has 0 aromatic heterocycles. The molecule has 1 aliphatic heterocycles. The topological polar surface area (TPSA) is 30.7 Å². The van der Waals surface area contributed by atoms with Gasteiger partial charge in [-0.25, -0.2) is 0 Å². The molecule has 1 aliphatic rings. The third-order valence-electron chi connectivity index (χ3n) is 2.74. The van der Waals surface area contributed by atoms with Gasteiger partial charge in [0.2, 0.25) is 0 Å². The summed E-state index contributed by atoms with van der Waals surface area (Å²) in [5, 5.41) is 11.4. The Morgan fingerprint density at radius 1 is 1.15 bits per heavy atom. The van der Waals surface area contributed by atoms with E-state index >= 15 is 0 Å². The first-order valence-corrected chi connectivity index (χ1v) is 5.57. The first-order valence-electron chi connectivity index (χ1n) is 5.57. The van der Waals surface area contributed by atoms with Crippen molar-refractivity contribution in [2.75, 3.05) is 32.7 Å².